The predicted molar refractivity (Wildman–Crippen MR) is 251 cm³/mol. The van der Waals surface area contributed by atoms with Gasteiger partial charge in [-0.1, -0.05) is 36.4 Å². The lowest BCUT2D eigenvalue weighted by Gasteiger charge is -2.14. The highest BCUT2D eigenvalue weighted by Gasteiger charge is 2.21. The van der Waals surface area contributed by atoms with Crippen molar-refractivity contribution in [2.45, 2.75) is 0 Å². The molecule has 0 aliphatic heterocycles. The molecule has 0 atom stereocenters. The maximum Gasteiger partial charge on any atom is 0.336 e. The molecule has 67 heavy (non-hydrogen) atoms. The first-order valence-corrected chi connectivity index (χ1v) is 20.3. The molecule has 8 aromatic rings. The van der Waals surface area contributed by atoms with Crippen molar-refractivity contribution < 1.29 is 53.1 Å². The number of hydrogen-bond donors (Lipinski definition) is 6. The summed E-state index contributed by atoms with van der Waals surface area (Å²) >= 11 is 0. The van der Waals surface area contributed by atoms with E-state index in [1.165, 1.54) is 36.4 Å². The summed E-state index contributed by atoms with van der Waals surface area (Å²) in [5, 5.41) is 25.4. The van der Waals surface area contributed by atoms with E-state index in [-0.39, 0.29) is 33.8 Å². The van der Waals surface area contributed by atoms with Crippen LogP contribution in [0.25, 0.3) is 0 Å². The van der Waals surface area contributed by atoms with Crippen molar-refractivity contribution in [2.24, 2.45) is 0 Å². The van der Waals surface area contributed by atoms with Gasteiger partial charge in [0.1, 0.15) is 57.5 Å². The molecule has 0 aliphatic rings. The molecule has 2 amide bonds. The molecule has 8 N–H and O–H groups in total. The fourth-order valence-corrected chi connectivity index (χ4v) is 6.63. The van der Waals surface area contributed by atoms with E-state index in [4.69, 9.17) is 35.2 Å². The van der Waals surface area contributed by atoms with E-state index in [0.29, 0.717) is 68.7 Å². The van der Waals surface area contributed by atoms with Crippen molar-refractivity contribution in [2.75, 3.05) is 22.1 Å². The Bertz CT molecular complexity index is 2960. The van der Waals surface area contributed by atoms with Crippen molar-refractivity contribution in [1.29, 1.82) is 0 Å². The number of nitrogens with two attached hydrogens (primary N) is 2. The summed E-state index contributed by atoms with van der Waals surface area (Å²) in [5.74, 6) is -0.527. The number of nitrogen functional groups attached to an aromatic ring is 2. The van der Waals surface area contributed by atoms with Gasteiger partial charge in [-0.3, -0.25) is 9.59 Å². The van der Waals surface area contributed by atoms with E-state index >= 15 is 0 Å². The van der Waals surface area contributed by atoms with Crippen LogP contribution in [0, 0.1) is 0 Å². The van der Waals surface area contributed by atoms with Crippen LogP contribution in [0.4, 0.5) is 22.7 Å². The second kappa shape index (κ2) is 19.7. The highest BCUT2D eigenvalue weighted by molar-refractivity contribution is 6.12. The number of carbonyl (C=O) groups is 4. The molecule has 15 heteroatoms. The van der Waals surface area contributed by atoms with Gasteiger partial charge in [0.25, 0.3) is 11.8 Å². The van der Waals surface area contributed by atoms with Crippen LogP contribution in [0.2, 0.25) is 0 Å². The van der Waals surface area contributed by atoms with Crippen molar-refractivity contribution >= 4 is 46.5 Å². The maximum atomic E-state index is 13.7. The summed E-state index contributed by atoms with van der Waals surface area (Å²) in [6, 6.07) is 48.3. The third kappa shape index (κ3) is 11.4. The molecule has 0 unspecified atom stereocenters. The lowest BCUT2D eigenvalue weighted by atomic mass is 10.1. The first-order valence-electron chi connectivity index (χ1n) is 20.3. The van der Waals surface area contributed by atoms with E-state index in [1.807, 2.05) is 0 Å². The maximum absolute atomic E-state index is 13.7. The van der Waals surface area contributed by atoms with Gasteiger partial charge in [0.2, 0.25) is 0 Å². The van der Waals surface area contributed by atoms with Crippen LogP contribution < -0.4 is 45.8 Å². The summed E-state index contributed by atoms with van der Waals surface area (Å²) in [7, 11) is 0. The van der Waals surface area contributed by atoms with Gasteiger partial charge in [0.05, 0.1) is 22.3 Å². The number of carboxylic acids is 2. The lowest BCUT2D eigenvalue weighted by Crippen LogP contribution is -2.17. The van der Waals surface area contributed by atoms with Crippen LogP contribution >= 0.6 is 0 Å². The van der Waals surface area contributed by atoms with Gasteiger partial charge in [-0.15, -0.1) is 0 Å². The van der Waals surface area contributed by atoms with Gasteiger partial charge in [-0.2, -0.15) is 0 Å². The molecule has 0 aromatic heterocycles. The van der Waals surface area contributed by atoms with Gasteiger partial charge >= 0.3 is 11.9 Å². The van der Waals surface area contributed by atoms with E-state index in [9.17, 15) is 29.4 Å². The van der Waals surface area contributed by atoms with Gasteiger partial charge < -0.3 is 56.0 Å². The molecule has 0 aliphatic carbocycles. The van der Waals surface area contributed by atoms with Gasteiger partial charge in [-0.05, 0) is 109 Å². The Balaban J connectivity index is 0.949. The average molecular weight is 895 g/mol. The Morgan fingerprint density at radius 3 is 0.940 bits per heavy atom. The van der Waals surface area contributed by atoms with Crippen LogP contribution in [-0.2, 0) is 0 Å². The molecule has 332 valence electrons. The number of carbonyl (C=O) groups excluding carboxylic acids is 2. The van der Waals surface area contributed by atoms with E-state index < -0.39 is 23.8 Å². The Morgan fingerprint density at radius 2 is 0.612 bits per heavy atom. The molecule has 0 radical (unpaired) electrons. The van der Waals surface area contributed by atoms with E-state index in [2.05, 4.69) is 10.6 Å². The fourth-order valence-electron chi connectivity index (χ4n) is 6.63. The molecule has 0 saturated heterocycles. The molecule has 0 heterocycles. The number of anilines is 4. The first kappa shape index (κ1) is 43.9. The van der Waals surface area contributed by atoms with Crippen LogP contribution in [0.1, 0.15) is 41.4 Å². The second-order valence-electron chi connectivity index (χ2n) is 14.6. The van der Waals surface area contributed by atoms with Crippen LogP contribution in [0.5, 0.6) is 57.5 Å². The minimum absolute atomic E-state index is 0.0224. The molecule has 0 saturated carbocycles. The van der Waals surface area contributed by atoms with E-state index in [1.54, 1.807) is 146 Å². The molecule has 0 bridgehead atoms. The zero-order valence-electron chi connectivity index (χ0n) is 35.0. The van der Waals surface area contributed by atoms with Crippen molar-refractivity contribution in [1.82, 2.24) is 0 Å². The minimum atomic E-state index is -1.37. The SMILES string of the molecule is Nc1cccc(Oc2cccc(Oc3cccc(NC(=O)c4cc(Oc5ccc(C(=O)O)c(C(=O)Nc6cccc(Oc7cccc(Oc8cccc(N)c8)c7)c6)c5)ccc4C(=O)O)c3)c2)c1. The Hall–Kier alpha value is -9.76. The number of carboxylic acid groups (broad SMARTS) is 2. The van der Waals surface area contributed by atoms with Crippen LogP contribution in [0.15, 0.2) is 182 Å². The average Bonchev–Trinajstić information content (AvgIpc) is 3.29. The van der Waals surface area contributed by atoms with Crippen molar-refractivity contribution in [3.8, 4) is 57.5 Å². The van der Waals surface area contributed by atoms with Crippen molar-refractivity contribution in [3.63, 3.8) is 0 Å². The number of hydrogen-bond acceptors (Lipinski definition) is 11. The van der Waals surface area contributed by atoms with Gasteiger partial charge in [-0.25, -0.2) is 9.59 Å². The highest BCUT2D eigenvalue weighted by Crippen LogP contribution is 2.33. The fraction of sp³-hybridized carbons (Fsp3) is 0. The zero-order valence-corrected chi connectivity index (χ0v) is 35.0. The molecule has 0 spiro atoms. The Morgan fingerprint density at radius 1 is 0.328 bits per heavy atom. The lowest BCUT2D eigenvalue weighted by molar-refractivity contribution is 0.0683. The normalized spacial score (nSPS) is 10.6. The van der Waals surface area contributed by atoms with Crippen LogP contribution in [0.3, 0.4) is 0 Å². The smallest absolute Gasteiger partial charge is 0.336 e. The third-order valence-corrected chi connectivity index (χ3v) is 9.62. The topological polar surface area (TPSA) is 231 Å². The summed E-state index contributed by atoms with van der Waals surface area (Å²) in [4.78, 5) is 51.9. The molecular formula is C52H38N4O11. The van der Waals surface area contributed by atoms with Crippen molar-refractivity contribution in [3.05, 3.63) is 204 Å². The minimum Gasteiger partial charge on any atom is -0.478 e. The number of aromatic carboxylic acids is 2. The largest absolute Gasteiger partial charge is 0.478 e. The number of amides is 2. The summed E-state index contributed by atoms with van der Waals surface area (Å²) in [5.41, 5.74) is 12.3. The molecule has 8 aromatic carbocycles. The Labute approximate surface area is 382 Å². The van der Waals surface area contributed by atoms with Crippen LogP contribution in [-0.4, -0.2) is 34.0 Å². The zero-order chi connectivity index (χ0) is 46.9. The number of nitrogens with one attached hydrogen (secondary N) is 2. The third-order valence-electron chi connectivity index (χ3n) is 9.62. The molecule has 15 nitrogen and oxygen atoms in total. The summed E-state index contributed by atoms with van der Waals surface area (Å²) in [6.45, 7) is 0. The summed E-state index contributed by atoms with van der Waals surface area (Å²) in [6.07, 6.45) is 0. The first-order chi connectivity index (χ1) is 32.4. The Kier molecular flexibility index (Phi) is 12.9. The molecule has 8 rings (SSSR count). The number of benzene rings is 8. The monoisotopic (exact) mass is 894 g/mol. The summed E-state index contributed by atoms with van der Waals surface area (Å²) < 4.78 is 29.9. The van der Waals surface area contributed by atoms with Gasteiger partial charge in [0.15, 0.2) is 0 Å². The quantitative estimate of drug-likeness (QED) is 0.0496. The van der Waals surface area contributed by atoms with E-state index in [0.717, 1.165) is 0 Å². The second-order valence-corrected chi connectivity index (χ2v) is 14.6. The standard InChI is InChI=1S/C52H38N4O11/c53-31-7-1-11-35(23-31)63-39-15-5-17-41(27-39)65-37-13-3-9-33(25-37)55-49(57)47-29-43(19-21-45(47)51(59)60)67-44-20-22-46(52(61)62)48(30-44)50(58)56-34-10-4-14-38(26-34)66-42-18-6-16-40(28-42)64-36-12-2-8-32(54)24-36/h1-30H,53-54H2,(H,55,57)(H,56,58)(H,59,60)(H,61,62). The number of rotatable bonds is 16. The number of ether oxygens (including phenoxy) is 5. The highest BCUT2D eigenvalue weighted by atomic mass is 16.5. The van der Waals surface area contributed by atoms with Gasteiger partial charge in [0, 0.05) is 59.1 Å². The molecular weight excluding hydrogens is 857 g/mol. The molecule has 0 fully saturated rings. The predicted octanol–water partition coefficient (Wildman–Crippen LogP) is 11.7.